The number of hydrogen-bond acceptors (Lipinski definition) is 4. The first-order valence-corrected chi connectivity index (χ1v) is 12.0. The number of nitriles is 1. The van der Waals surface area contributed by atoms with E-state index in [2.05, 4.69) is 15.6 Å². The van der Waals surface area contributed by atoms with E-state index in [1.807, 2.05) is 67.7 Å². The fourth-order valence-electron chi connectivity index (χ4n) is 5.01. The van der Waals surface area contributed by atoms with E-state index in [0.717, 1.165) is 27.6 Å². The van der Waals surface area contributed by atoms with Gasteiger partial charge in [0.25, 0.3) is 5.91 Å². The van der Waals surface area contributed by atoms with Crippen molar-refractivity contribution >= 4 is 22.7 Å². The van der Waals surface area contributed by atoms with Gasteiger partial charge in [0.05, 0.1) is 18.0 Å². The van der Waals surface area contributed by atoms with Gasteiger partial charge in [-0.2, -0.15) is 5.26 Å². The summed E-state index contributed by atoms with van der Waals surface area (Å²) in [5.74, 6) is -0.197. The zero-order valence-electron chi connectivity index (χ0n) is 20.4. The molecule has 5 rings (SSSR count). The minimum atomic E-state index is -1.06. The molecule has 0 saturated carbocycles. The van der Waals surface area contributed by atoms with Gasteiger partial charge in [-0.05, 0) is 53.8 Å². The molecule has 1 atom stereocenters. The fraction of sp³-hybridized carbons (Fsp3) is 0.241. The normalized spacial score (nSPS) is 17.7. The number of aromatic nitrogens is 2. The summed E-state index contributed by atoms with van der Waals surface area (Å²) in [4.78, 5) is 34.1. The van der Waals surface area contributed by atoms with Crippen molar-refractivity contribution in [1.82, 2.24) is 19.4 Å². The van der Waals surface area contributed by atoms with Crippen molar-refractivity contribution in [3.8, 4) is 6.07 Å². The van der Waals surface area contributed by atoms with Gasteiger partial charge in [-0.1, -0.05) is 54.6 Å². The van der Waals surface area contributed by atoms with Crippen molar-refractivity contribution in [2.45, 2.75) is 31.8 Å². The molecule has 0 bridgehead atoms. The summed E-state index contributed by atoms with van der Waals surface area (Å²) in [5, 5.41) is 11.0. The Morgan fingerprint density at radius 2 is 1.75 bits per heavy atom. The lowest BCUT2D eigenvalue weighted by Crippen LogP contribution is -2.42. The molecule has 7 heteroatoms. The molecule has 3 amide bonds. The molecule has 1 aliphatic heterocycles. The lowest BCUT2D eigenvalue weighted by Gasteiger charge is -2.30. The minimum Gasteiger partial charge on any atom is -0.330 e. The second-order valence-electron chi connectivity index (χ2n) is 9.32. The first-order chi connectivity index (χ1) is 17.4. The van der Waals surface area contributed by atoms with Gasteiger partial charge in [0.15, 0.2) is 0 Å². The van der Waals surface area contributed by atoms with E-state index in [1.54, 1.807) is 30.4 Å². The Morgan fingerprint density at radius 1 is 1.00 bits per heavy atom. The van der Waals surface area contributed by atoms with Gasteiger partial charge in [0.1, 0.15) is 5.54 Å². The van der Waals surface area contributed by atoms with Crippen LogP contribution in [0.4, 0.5) is 4.79 Å². The van der Waals surface area contributed by atoms with Gasteiger partial charge in [-0.15, -0.1) is 0 Å². The maximum atomic E-state index is 13.7. The molecular formula is C29H27N5O2. The molecule has 0 spiro atoms. The van der Waals surface area contributed by atoms with E-state index in [9.17, 15) is 9.59 Å². The molecular weight excluding hydrogens is 450 g/mol. The highest BCUT2D eigenvalue weighted by Crippen LogP contribution is 2.39. The summed E-state index contributed by atoms with van der Waals surface area (Å²) in [7, 11) is 1.70. The highest BCUT2D eigenvalue weighted by atomic mass is 16.2. The summed E-state index contributed by atoms with van der Waals surface area (Å²) >= 11 is 0. The highest BCUT2D eigenvalue weighted by Gasteiger charge is 2.53. The Labute approximate surface area is 210 Å². The Hall–Kier alpha value is -4.44. The number of hydrogen-bond donors (Lipinski definition) is 0. The molecule has 1 unspecified atom stereocenters. The van der Waals surface area contributed by atoms with Crippen LogP contribution >= 0.6 is 0 Å². The maximum absolute atomic E-state index is 13.7. The van der Waals surface area contributed by atoms with Crippen molar-refractivity contribution in [3.05, 3.63) is 102 Å². The quantitative estimate of drug-likeness (QED) is 0.361. The molecule has 1 aliphatic rings. The van der Waals surface area contributed by atoms with Crippen molar-refractivity contribution in [2.75, 3.05) is 13.6 Å². The van der Waals surface area contributed by atoms with Crippen LogP contribution in [0.2, 0.25) is 0 Å². The first-order valence-electron chi connectivity index (χ1n) is 12.0. The third-order valence-corrected chi connectivity index (χ3v) is 7.21. The Bertz CT molecular complexity index is 1480. The van der Waals surface area contributed by atoms with Crippen LogP contribution in [0.5, 0.6) is 0 Å². The molecule has 4 aromatic rings. The number of aryl methyl sites for hydroxylation is 1. The van der Waals surface area contributed by atoms with Crippen molar-refractivity contribution in [1.29, 1.82) is 5.26 Å². The van der Waals surface area contributed by atoms with Crippen LogP contribution in [-0.4, -0.2) is 44.9 Å². The molecule has 36 heavy (non-hydrogen) atoms. The number of rotatable bonds is 7. The molecule has 1 aromatic heterocycles. The molecule has 3 aromatic carbocycles. The van der Waals surface area contributed by atoms with Crippen LogP contribution in [0.1, 0.15) is 35.7 Å². The summed E-state index contributed by atoms with van der Waals surface area (Å²) in [6, 6.07) is 23.2. The Morgan fingerprint density at radius 3 is 2.53 bits per heavy atom. The average Bonchev–Trinajstić information content (AvgIpc) is 3.41. The fourth-order valence-corrected chi connectivity index (χ4v) is 5.01. The average molecular weight is 478 g/mol. The van der Waals surface area contributed by atoms with E-state index in [-0.39, 0.29) is 11.9 Å². The van der Waals surface area contributed by atoms with Gasteiger partial charge < -0.3 is 9.47 Å². The topological polar surface area (TPSA) is 82.2 Å². The molecule has 2 heterocycles. The largest absolute Gasteiger partial charge is 0.330 e. The highest BCUT2D eigenvalue weighted by molar-refractivity contribution is 6.09. The molecule has 1 fully saturated rings. The molecule has 0 aliphatic carbocycles. The van der Waals surface area contributed by atoms with E-state index in [4.69, 9.17) is 5.26 Å². The minimum absolute atomic E-state index is 0.197. The number of amides is 3. The van der Waals surface area contributed by atoms with Crippen LogP contribution < -0.4 is 0 Å². The van der Waals surface area contributed by atoms with Crippen molar-refractivity contribution in [3.63, 3.8) is 0 Å². The van der Waals surface area contributed by atoms with Gasteiger partial charge in [-0.25, -0.2) is 9.78 Å². The number of benzene rings is 3. The number of carbonyl (C=O) groups excluding carboxylic acids is 2. The summed E-state index contributed by atoms with van der Waals surface area (Å²) in [6.45, 7) is 2.82. The van der Waals surface area contributed by atoms with Crippen molar-refractivity contribution < 1.29 is 9.59 Å². The van der Waals surface area contributed by atoms with Crippen LogP contribution in [0.15, 0.2) is 79.3 Å². The molecule has 1 saturated heterocycles. The number of likely N-dealkylation sites (N-methyl/N-ethyl adjacent to an activating group) is 1. The number of carbonyl (C=O) groups is 2. The zero-order valence-corrected chi connectivity index (χ0v) is 20.4. The Kier molecular flexibility index (Phi) is 6.03. The van der Waals surface area contributed by atoms with Gasteiger partial charge >= 0.3 is 6.03 Å². The third-order valence-electron chi connectivity index (χ3n) is 7.21. The Balaban J connectivity index is 1.30. The molecule has 0 N–H and O–H groups in total. The van der Waals surface area contributed by atoms with Gasteiger partial charge in [-0.3, -0.25) is 9.69 Å². The standard InChI is InChI=1S/C29H27N5O2/c1-29(26-11-5-8-23-7-3-4-10-25(23)26)27(35)34(28(36)32(29)2)16-6-9-24-18-31-20-33(24)19-22-14-12-21(17-30)13-15-22/h3-5,7-8,10-15,18,20H,6,9,16,19H2,1-2H3. The monoisotopic (exact) mass is 477 g/mol. The maximum Gasteiger partial charge on any atom is 0.327 e. The second kappa shape index (κ2) is 9.31. The summed E-state index contributed by atoms with van der Waals surface area (Å²) < 4.78 is 2.06. The van der Waals surface area contributed by atoms with Crippen LogP contribution in [0.3, 0.4) is 0 Å². The molecule has 0 radical (unpaired) electrons. The zero-order chi connectivity index (χ0) is 25.3. The number of nitrogens with zero attached hydrogens (tertiary/aromatic N) is 5. The smallest absolute Gasteiger partial charge is 0.327 e. The van der Waals surface area contributed by atoms with E-state index in [0.29, 0.717) is 31.5 Å². The molecule has 180 valence electrons. The lowest BCUT2D eigenvalue weighted by atomic mass is 9.86. The van der Waals surface area contributed by atoms with Crippen molar-refractivity contribution in [2.24, 2.45) is 0 Å². The predicted molar refractivity (Wildman–Crippen MR) is 137 cm³/mol. The van der Waals surface area contributed by atoms with Crippen LogP contribution in [-0.2, 0) is 23.3 Å². The number of urea groups is 1. The number of imidazole rings is 1. The van der Waals surface area contributed by atoms with Crippen LogP contribution in [0.25, 0.3) is 10.8 Å². The number of imide groups is 1. The predicted octanol–water partition coefficient (Wildman–Crippen LogP) is 4.70. The van der Waals surface area contributed by atoms with Crippen LogP contribution in [0, 0.1) is 11.3 Å². The third kappa shape index (κ3) is 3.91. The summed E-state index contributed by atoms with van der Waals surface area (Å²) in [6.07, 6.45) is 4.92. The lowest BCUT2D eigenvalue weighted by molar-refractivity contribution is -0.132. The molecule has 7 nitrogen and oxygen atoms in total. The van der Waals surface area contributed by atoms with E-state index >= 15 is 0 Å². The number of fused-ring (bicyclic) bond motifs is 1. The van der Waals surface area contributed by atoms with Gasteiger partial charge in [0.2, 0.25) is 0 Å². The van der Waals surface area contributed by atoms with Gasteiger partial charge in [0, 0.05) is 32.0 Å². The first kappa shape index (κ1) is 23.3. The van der Waals surface area contributed by atoms with E-state index < -0.39 is 5.54 Å². The van der Waals surface area contributed by atoms with E-state index in [1.165, 1.54) is 4.90 Å². The summed E-state index contributed by atoms with van der Waals surface area (Å²) in [5.41, 5.74) is 2.51. The second-order valence-corrected chi connectivity index (χ2v) is 9.32. The SMILES string of the molecule is CN1C(=O)N(CCCc2cncn2Cc2ccc(C#N)cc2)C(=O)C1(C)c1cccc2ccccc12.